The van der Waals surface area contributed by atoms with Crippen LogP contribution in [0, 0.1) is 0 Å². The topological polar surface area (TPSA) is 123 Å². The molecule has 12 heteroatoms. The van der Waals surface area contributed by atoms with Crippen molar-refractivity contribution >= 4 is 29.2 Å². The molecule has 2 amide bonds. The molecular formula is C25H24F3N7O2. The van der Waals surface area contributed by atoms with Crippen molar-refractivity contribution < 1.29 is 22.4 Å². The average molecular weight is 512 g/mol. The molecule has 9 nitrogen and oxygen atoms in total. The third-order valence-electron chi connectivity index (χ3n) is 5.39. The number of carbonyl (C=O) groups is 1. The van der Waals surface area contributed by atoms with Gasteiger partial charge in [0.15, 0.2) is 5.65 Å². The van der Waals surface area contributed by atoms with Gasteiger partial charge in [0.25, 0.3) is 0 Å². The largest absolute Gasteiger partial charge is 0.467 e. The fourth-order valence-electron chi connectivity index (χ4n) is 3.59. The third kappa shape index (κ3) is 6.34. The van der Waals surface area contributed by atoms with Gasteiger partial charge in [-0.25, -0.2) is 14.3 Å². The van der Waals surface area contributed by atoms with Crippen LogP contribution in [0.4, 0.5) is 23.7 Å². The fourth-order valence-corrected chi connectivity index (χ4v) is 3.59. The van der Waals surface area contributed by atoms with Crippen molar-refractivity contribution in [2.45, 2.75) is 25.6 Å². The summed E-state index contributed by atoms with van der Waals surface area (Å²) in [7, 11) is 0. The number of amides is 2. The number of hydrogen-bond donors (Lipinski definition) is 3. The number of nitrogens with two attached hydrogens (primary N) is 1. The maximum Gasteiger partial charge on any atom is 0.405 e. The van der Waals surface area contributed by atoms with E-state index in [4.69, 9.17) is 10.2 Å². The SMILES string of the molecule is CCC(N=CC(=CN)c1cnn2c(-c3cccc(NC(=O)NCC(F)(F)F)c3)cnc2c1)c1ccco1. The average Bonchev–Trinajstić information content (AvgIpc) is 3.55. The van der Waals surface area contributed by atoms with E-state index < -0.39 is 18.8 Å². The molecule has 0 aliphatic heterocycles. The molecule has 1 unspecified atom stereocenters. The Bertz CT molecular complexity index is 1430. The van der Waals surface area contributed by atoms with Crippen LogP contribution in [0.3, 0.4) is 0 Å². The smallest absolute Gasteiger partial charge is 0.405 e. The van der Waals surface area contributed by atoms with Gasteiger partial charge in [-0.2, -0.15) is 18.3 Å². The van der Waals surface area contributed by atoms with Crippen molar-refractivity contribution in [2.24, 2.45) is 10.7 Å². The highest BCUT2D eigenvalue weighted by molar-refractivity contribution is 6.09. The summed E-state index contributed by atoms with van der Waals surface area (Å²) in [5.74, 6) is 0.760. The van der Waals surface area contributed by atoms with Crippen molar-refractivity contribution in [1.29, 1.82) is 0 Å². The number of allylic oxidation sites excluding steroid dienone is 1. The summed E-state index contributed by atoms with van der Waals surface area (Å²) < 4.78 is 44.0. The van der Waals surface area contributed by atoms with Crippen LogP contribution >= 0.6 is 0 Å². The number of aliphatic imine (C=N–C) groups is 1. The van der Waals surface area contributed by atoms with Gasteiger partial charge in [0.1, 0.15) is 18.3 Å². The molecule has 0 saturated carbocycles. The minimum atomic E-state index is -4.50. The minimum absolute atomic E-state index is 0.143. The van der Waals surface area contributed by atoms with E-state index in [0.717, 1.165) is 12.2 Å². The van der Waals surface area contributed by atoms with Gasteiger partial charge >= 0.3 is 12.2 Å². The van der Waals surface area contributed by atoms with Crippen LogP contribution in [0.1, 0.15) is 30.7 Å². The first-order chi connectivity index (χ1) is 17.8. The van der Waals surface area contributed by atoms with Crippen LogP contribution in [-0.2, 0) is 0 Å². The first-order valence-electron chi connectivity index (χ1n) is 11.3. The van der Waals surface area contributed by atoms with Crippen LogP contribution in [0.5, 0.6) is 0 Å². The van der Waals surface area contributed by atoms with Crippen LogP contribution < -0.4 is 16.4 Å². The van der Waals surface area contributed by atoms with Crippen molar-refractivity contribution in [3.63, 3.8) is 0 Å². The number of halogens is 3. The number of urea groups is 1. The Labute approximate surface area is 209 Å². The maximum absolute atomic E-state index is 12.3. The van der Waals surface area contributed by atoms with Crippen molar-refractivity contribution in [3.8, 4) is 11.3 Å². The standard InChI is InChI=1S/C25H24F3N7O2/c1-2-20(22-7-4-8-37-22)30-12-18(11-29)17-10-23-31-14-21(35(23)33-13-17)16-5-3-6-19(9-16)34-24(36)32-15-25(26,27)28/h3-14,20H,2,15,29H2,1H3,(H2,32,34,36). The van der Waals surface area contributed by atoms with E-state index >= 15 is 0 Å². The highest BCUT2D eigenvalue weighted by Gasteiger charge is 2.27. The summed E-state index contributed by atoms with van der Waals surface area (Å²) in [5.41, 5.74) is 9.36. The van der Waals surface area contributed by atoms with Gasteiger partial charge in [0.2, 0.25) is 0 Å². The second-order valence-electron chi connectivity index (χ2n) is 8.00. The number of alkyl halides is 3. The third-order valence-corrected chi connectivity index (χ3v) is 5.39. The van der Waals surface area contributed by atoms with Crippen molar-refractivity contribution in [2.75, 3.05) is 11.9 Å². The van der Waals surface area contributed by atoms with E-state index in [-0.39, 0.29) is 6.04 Å². The number of benzene rings is 1. The van der Waals surface area contributed by atoms with Crippen molar-refractivity contribution in [1.82, 2.24) is 19.9 Å². The lowest BCUT2D eigenvalue weighted by Gasteiger charge is -2.10. The molecule has 0 aliphatic carbocycles. The molecule has 3 aromatic heterocycles. The van der Waals surface area contributed by atoms with Gasteiger partial charge in [-0.3, -0.25) is 4.99 Å². The minimum Gasteiger partial charge on any atom is -0.467 e. The fraction of sp³-hybridized carbons (Fsp3) is 0.200. The quantitative estimate of drug-likeness (QED) is 0.281. The Balaban J connectivity index is 1.53. The van der Waals surface area contributed by atoms with Gasteiger partial charge < -0.3 is 20.8 Å². The molecule has 4 N–H and O–H groups in total. The molecule has 4 aromatic rings. The molecule has 0 aliphatic rings. The second-order valence-corrected chi connectivity index (χ2v) is 8.00. The number of imidazole rings is 1. The lowest BCUT2D eigenvalue weighted by molar-refractivity contribution is -0.122. The summed E-state index contributed by atoms with van der Waals surface area (Å²) in [6, 6.07) is 11.0. The maximum atomic E-state index is 12.3. The van der Waals surface area contributed by atoms with E-state index in [0.29, 0.717) is 33.7 Å². The normalized spacial score (nSPS) is 13.2. The molecule has 0 fully saturated rings. The highest BCUT2D eigenvalue weighted by Crippen LogP contribution is 2.25. The van der Waals surface area contributed by atoms with Crippen LogP contribution in [0.25, 0.3) is 22.5 Å². The van der Waals surface area contributed by atoms with Crippen LogP contribution in [0.15, 0.2) is 76.7 Å². The summed E-state index contributed by atoms with van der Waals surface area (Å²) in [6.45, 7) is 0.583. The molecule has 0 radical (unpaired) electrons. The lowest BCUT2D eigenvalue weighted by Crippen LogP contribution is -2.36. The molecule has 0 saturated heterocycles. The van der Waals surface area contributed by atoms with Gasteiger partial charge in [0.05, 0.1) is 24.4 Å². The van der Waals surface area contributed by atoms with E-state index in [1.807, 2.05) is 25.1 Å². The first-order valence-corrected chi connectivity index (χ1v) is 11.3. The van der Waals surface area contributed by atoms with E-state index in [1.54, 1.807) is 59.0 Å². The van der Waals surface area contributed by atoms with Gasteiger partial charge in [0, 0.05) is 34.8 Å². The first kappa shape index (κ1) is 25.5. The highest BCUT2D eigenvalue weighted by atomic mass is 19.4. The molecule has 1 atom stereocenters. The van der Waals surface area contributed by atoms with E-state index in [9.17, 15) is 18.0 Å². The monoisotopic (exact) mass is 511 g/mol. The number of aromatic nitrogens is 3. The van der Waals surface area contributed by atoms with Gasteiger partial charge in [-0.1, -0.05) is 19.1 Å². The second kappa shape index (κ2) is 11.0. The Morgan fingerprint density at radius 3 is 2.78 bits per heavy atom. The molecule has 4 rings (SSSR count). The van der Waals surface area contributed by atoms with Gasteiger partial charge in [-0.05, 0) is 36.8 Å². The zero-order valence-corrected chi connectivity index (χ0v) is 19.7. The zero-order valence-electron chi connectivity index (χ0n) is 19.7. The van der Waals surface area contributed by atoms with Crippen LogP contribution in [-0.4, -0.2) is 39.6 Å². The number of anilines is 1. The number of nitrogens with zero attached hydrogens (tertiary/aromatic N) is 4. The summed E-state index contributed by atoms with van der Waals surface area (Å²) in [6.07, 6.45) is 4.21. The Kier molecular flexibility index (Phi) is 7.56. The molecule has 3 heterocycles. The number of hydrogen-bond acceptors (Lipinski definition) is 6. The Morgan fingerprint density at radius 2 is 2.08 bits per heavy atom. The Hall–Kier alpha value is -4.61. The molecule has 0 bridgehead atoms. The predicted molar refractivity (Wildman–Crippen MR) is 134 cm³/mol. The summed E-state index contributed by atoms with van der Waals surface area (Å²) >= 11 is 0. The molecule has 0 spiro atoms. The van der Waals surface area contributed by atoms with Crippen LogP contribution in [0.2, 0.25) is 0 Å². The number of nitrogens with one attached hydrogen (secondary N) is 2. The number of rotatable bonds is 8. The van der Waals surface area contributed by atoms with E-state index in [1.165, 1.54) is 6.20 Å². The van der Waals surface area contributed by atoms with Crippen molar-refractivity contribution in [3.05, 3.63) is 78.6 Å². The molecule has 1 aromatic carbocycles. The Morgan fingerprint density at radius 1 is 1.24 bits per heavy atom. The zero-order chi connectivity index (χ0) is 26.4. The number of fused-ring (bicyclic) bond motifs is 1. The summed E-state index contributed by atoms with van der Waals surface area (Å²) in [5, 5.41) is 8.64. The number of carbonyl (C=O) groups excluding carboxylic acids is 1. The summed E-state index contributed by atoms with van der Waals surface area (Å²) in [4.78, 5) is 20.8. The predicted octanol–water partition coefficient (Wildman–Crippen LogP) is 5.19. The molecule has 192 valence electrons. The number of furan rings is 1. The lowest BCUT2D eigenvalue weighted by atomic mass is 10.1. The van der Waals surface area contributed by atoms with E-state index in [2.05, 4.69) is 20.4 Å². The molecule has 37 heavy (non-hydrogen) atoms. The van der Waals surface area contributed by atoms with Gasteiger partial charge in [-0.15, -0.1) is 0 Å². The molecular weight excluding hydrogens is 487 g/mol.